The third-order valence-electron chi connectivity index (χ3n) is 5.81. The lowest BCUT2D eigenvalue weighted by Gasteiger charge is -2.48. The van der Waals surface area contributed by atoms with Crippen LogP contribution in [-0.2, 0) is 4.43 Å². The van der Waals surface area contributed by atoms with Gasteiger partial charge in [-0.05, 0) is 62.8 Å². The van der Waals surface area contributed by atoms with Crippen molar-refractivity contribution in [1.29, 1.82) is 0 Å². The van der Waals surface area contributed by atoms with Crippen LogP contribution in [0.15, 0.2) is 24.5 Å². The Hall–Kier alpha value is -2.80. The number of fused-ring (bicyclic) bond motifs is 1. The molecule has 33 heavy (non-hydrogen) atoms. The average Bonchev–Trinajstić information content (AvgIpc) is 3.03. The van der Waals surface area contributed by atoms with Gasteiger partial charge in [0.2, 0.25) is 21.7 Å². The van der Waals surface area contributed by atoms with Crippen LogP contribution >= 0.6 is 0 Å². The first-order chi connectivity index (χ1) is 15.4. The van der Waals surface area contributed by atoms with Crippen molar-refractivity contribution in [2.24, 2.45) is 5.92 Å². The van der Waals surface area contributed by atoms with Crippen LogP contribution in [0.3, 0.4) is 0 Å². The number of hydrogen-bond acceptors (Lipinski definition) is 7. The predicted molar refractivity (Wildman–Crippen MR) is 129 cm³/mol. The zero-order valence-electron chi connectivity index (χ0n) is 20.0. The summed E-state index contributed by atoms with van der Waals surface area (Å²) in [4.78, 5) is 16.9. The lowest BCUT2D eigenvalue weighted by Crippen LogP contribution is -2.53. The first kappa shape index (κ1) is 23.4. The summed E-state index contributed by atoms with van der Waals surface area (Å²) in [7, 11) is 0.413. The molecule has 0 unspecified atom stereocenters. The molecular formula is C24H30N6O2Si. The molecule has 0 bridgehead atoms. The normalized spacial score (nSPS) is 20.9. The fourth-order valence-corrected chi connectivity index (χ4v) is 4.57. The monoisotopic (exact) mass is 462 g/mol. The van der Waals surface area contributed by atoms with Gasteiger partial charge in [-0.15, -0.1) is 0 Å². The van der Waals surface area contributed by atoms with E-state index in [0.717, 1.165) is 22.4 Å². The summed E-state index contributed by atoms with van der Waals surface area (Å²) in [6.07, 6.45) is 2.58. The van der Waals surface area contributed by atoms with E-state index >= 15 is 0 Å². The zero-order chi connectivity index (χ0) is 24.0. The van der Waals surface area contributed by atoms with Crippen molar-refractivity contribution in [3.05, 3.63) is 35.9 Å². The second-order valence-corrected chi connectivity index (χ2v) is 12.2. The van der Waals surface area contributed by atoms with Gasteiger partial charge in [-0.1, -0.05) is 32.6 Å². The molecule has 2 radical (unpaired) electrons. The maximum atomic E-state index is 10.9. The van der Waals surface area contributed by atoms with E-state index in [0.29, 0.717) is 28.6 Å². The van der Waals surface area contributed by atoms with Crippen LogP contribution in [0.5, 0.6) is 0 Å². The van der Waals surface area contributed by atoms with Crippen LogP contribution in [0.1, 0.15) is 58.8 Å². The molecule has 172 valence electrons. The van der Waals surface area contributed by atoms with Gasteiger partial charge < -0.3 is 15.3 Å². The minimum Gasteiger partial charge on any atom is -0.412 e. The van der Waals surface area contributed by atoms with Gasteiger partial charge in [0, 0.05) is 5.56 Å². The summed E-state index contributed by atoms with van der Waals surface area (Å²) in [6, 6.07) is 5.75. The minimum absolute atomic E-state index is 0.133. The van der Waals surface area contributed by atoms with Gasteiger partial charge in [-0.2, -0.15) is 4.98 Å². The molecule has 0 spiro atoms. The van der Waals surface area contributed by atoms with E-state index in [4.69, 9.17) is 10.2 Å². The van der Waals surface area contributed by atoms with Crippen molar-refractivity contribution in [2.75, 3.05) is 5.73 Å². The molecule has 1 saturated carbocycles. The fourth-order valence-electron chi connectivity index (χ4n) is 3.84. The van der Waals surface area contributed by atoms with E-state index < -0.39 is 5.60 Å². The number of anilines is 1. The summed E-state index contributed by atoms with van der Waals surface area (Å²) in [5, 5.41) is 11.1. The first-order valence-corrected chi connectivity index (χ1v) is 11.9. The number of nitrogens with zero attached hydrogens (tertiary/aromatic N) is 5. The molecule has 4 rings (SSSR count). The number of imidazole rings is 1. The number of aliphatic hydroxyl groups is 1. The van der Waals surface area contributed by atoms with Crippen LogP contribution in [0.2, 0.25) is 5.04 Å². The summed E-state index contributed by atoms with van der Waals surface area (Å²) >= 11 is 0. The lowest BCUT2D eigenvalue weighted by atomic mass is 9.65. The Morgan fingerprint density at radius 2 is 1.91 bits per heavy atom. The molecular weight excluding hydrogens is 432 g/mol. The van der Waals surface area contributed by atoms with E-state index in [-0.39, 0.29) is 22.5 Å². The maximum absolute atomic E-state index is 10.9. The van der Waals surface area contributed by atoms with Gasteiger partial charge in [0.1, 0.15) is 17.8 Å². The van der Waals surface area contributed by atoms with Crippen LogP contribution in [0, 0.1) is 24.7 Å². The Labute approximate surface area is 197 Å². The molecule has 1 aliphatic carbocycles. The summed E-state index contributed by atoms with van der Waals surface area (Å²) in [6.45, 7) is 12.6. The van der Waals surface area contributed by atoms with Gasteiger partial charge in [-0.3, -0.25) is 4.57 Å². The largest absolute Gasteiger partial charge is 0.412 e. The lowest BCUT2D eigenvalue weighted by molar-refractivity contribution is -0.0984. The van der Waals surface area contributed by atoms with E-state index in [2.05, 4.69) is 66.4 Å². The molecule has 2 heterocycles. The van der Waals surface area contributed by atoms with Gasteiger partial charge in [0.25, 0.3) is 0 Å². The molecule has 8 nitrogen and oxygen atoms in total. The number of hydrogen-bond donors (Lipinski definition) is 2. The highest BCUT2D eigenvalue weighted by Gasteiger charge is 2.49. The van der Waals surface area contributed by atoms with Gasteiger partial charge in [0.05, 0.1) is 16.6 Å². The molecule has 3 aromatic rings. The number of aryl methyl sites for hydroxylation is 1. The van der Waals surface area contributed by atoms with E-state index in [9.17, 15) is 5.11 Å². The SMILES string of the molecule is Cc1nc2ccc(C#CC3(O)CC(C(C)(C)O[Si]C(C)(C)C)C3)cc2n1-c1ncnc(N)n1. The molecule has 0 amide bonds. The molecule has 0 saturated heterocycles. The van der Waals surface area contributed by atoms with Crippen molar-refractivity contribution in [2.45, 2.75) is 70.6 Å². The Morgan fingerprint density at radius 1 is 1.18 bits per heavy atom. The molecule has 3 N–H and O–H groups in total. The molecule has 0 aliphatic heterocycles. The Morgan fingerprint density at radius 3 is 2.58 bits per heavy atom. The van der Waals surface area contributed by atoms with Gasteiger partial charge >= 0.3 is 0 Å². The standard InChI is InChI=1S/C24H30N6O2Si/c1-15-28-18-8-7-16(11-19(18)30(15)21-27-14-26-20(25)29-21)9-10-24(31)12-17(13-24)23(5,6)32-33-22(2,3)4/h7-8,11,14,17,31H,12-13H2,1-6H3,(H2,25,26,27,29). The van der Waals surface area contributed by atoms with Crippen molar-refractivity contribution in [3.63, 3.8) is 0 Å². The second-order valence-electron chi connectivity index (χ2n) is 10.3. The van der Waals surface area contributed by atoms with Crippen molar-refractivity contribution >= 4 is 26.7 Å². The number of aromatic nitrogens is 5. The van der Waals surface area contributed by atoms with Crippen LogP contribution in [0.25, 0.3) is 17.0 Å². The van der Waals surface area contributed by atoms with E-state index in [1.54, 1.807) is 0 Å². The third kappa shape index (κ3) is 5.08. The number of nitrogens with two attached hydrogens (primary N) is 1. The quantitative estimate of drug-likeness (QED) is 0.452. The van der Waals surface area contributed by atoms with E-state index in [1.807, 2.05) is 29.7 Å². The van der Waals surface area contributed by atoms with Crippen LogP contribution in [-0.4, -0.2) is 50.6 Å². The Balaban J connectivity index is 1.53. The zero-order valence-corrected chi connectivity index (χ0v) is 21.0. The highest BCUT2D eigenvalue weighted by Crippen LogP contribution is 2.45. The summed E-state index contributed by atoms with van der Waals surface area (Å²) in [5.74, 6) is 7.80. The summed E-state index contributed by atoms with van der Waals surface area (Å²) in [5.41, 5.74) is 6.86. The Kier molecular flexibility index (Phi) is 5.81. The van der Waals surface area contributed by atoms with E-state index in [1.165, 1.54) is 6.33 Å². The van der Waals surface area contributed by atoms with Gasteiger partial charge in [-0.25, -0.2) is 15.0 Å². The maximum Gasteiger partial charge on any atom is 0.240 e. The molecule has 2 aromatic heterocycles. The minimum atomic E-state index is -0.996. The van der Waals surface area contributed by atoms with Crippen molar-refractivity contribution in [3.8, 4) is 17.8 Å². The first-order valence-electron chi connectivity index (χ1n) is 11.0. The highest BCUT2D eigenvalue weighted by molar-refractivity contribution is 6.31. The van der Waals surface area contributed by atoms with Crippen LogP contribution in [0.4, 0.5) is 5.95 Å². The molecule has 9 heteroatoms. The molecule has 0 atom stereocenters. The smallest absolute Gasteiger partial charge is 0.240 e. The summed E-state index contributed by atoms with van der Waals surface area (Å²) < 4.78 is 8.02. The number of nitrogen functional groups attached to an aromatic ring is 1. The number of benzene rings is 1. The Bertz CT molecular complexity index is 1250. The van der Waals surface area contributed by atoms with Crippen LogP contribution < -0.4 is 5.73 Å². The number of rotatable bonds is 4. The second kappa shape index (κ2) is 8.20. The van der Waals surface area contributed by atoms with Crippen molar-refractivity contribution in [1.82, 2.24) is 24.5 Å². The fraction of sp³-hybridized carbons (Fsp3) is 0.500. The van der Waals surface area contributed by atoms with Crippen molar-refractivity contribution < 1.29 is 9.53 Å². The molecule has 1 aliphatic rings. The highest BCUT2D eigenvalue weighted by atomic mass is 28.2. The third-order valence-corrected chi connectivity index (χ3v) is 7.05. The molecule has 1 fully saturated rings. The topological polar surface area (TPSA) is 112 Å². The average molecular weight is 463 g/mol. The predicted octanol–water partition coefficient (Wildman–Crippen LogP) is 3.23. The van der Waals surface area contributed by atoms with Gasteiger partial charge in [0.15, 0.2) is 0 Å². The molecule has 1 aromatic carbocycles.